The van der Waals surface area contributed by atoms with Gasteiger partial charge in [0.2, 0.25) is 15.9 Å². The van der Waals surface area contributed by atoms with Gasteiger partial charge in [-0.15, -0.1) is 0 Å². The number of amides is 1. The molecule has 0 fully saturated rings. The summed E-state index contributed by atoms with van der Waals surface area (Å²) in [6.07, 6.45) is -0.00313. The molecule has 2 aromatic carbocycles. The average Bonchev–Trinajstić information content (AvgIpc) is 3.21. The number of aliphatic hydroxyl groups excluding tert-OH is 1. The van der Waals surface area contributed by atoms with Crippen molar-refractivity contribution in [3.8, 4) is 0 Å². The number of nitrogens with two attached hydrogens (primary N) is 1. The monoisotopic (exact) mass is 596 g/mol. The number of sulfonamides is 1. The maximum atomic E-state index is 13.7. The fraction of sp³-hybridized carbons (Fsp3) is 0.462. The second-order valence-electron chi connectivity index (χ2n) is 10.3. The van der Waals surface area contributed by atoms with Crippen LogP contribution in [0.25, 0.3) is 10.2 Å². The molecule has 0 saturated heterocycles. The van der Waals surface area contributed by atoms with Crippen LogP contribution in [0.5, 0.6) is 0 Å². The van der Waals surface area contributed by atoms with Gasteiger partial charge in [0.15, 0.2) is 5.13 Å². The van der Waals surface area contributed by atoms with E-state index in [1.807, 2.05) is 44.2 Å². The molecule has 1 aromatic heterocycles. The molecule has 0 radical (unpaired) electrons. The lowest BCUT2D eigenvalue weighted by molar-refractivity contribution is -0.125. The summed E-state index contributed by atoms with van der Waals surface area (Å²) in [5.41, 5.74) is 7.20. The van der Waals surface area contributed by atoms with Crippen molar-refractivity contribution in [3.05, 3.63) is 54.1 Å². The first-order chi connectivity index (χ1) is 18.2. The van der Waals surface area contributed by atoms with Gasteiger partial charge in [-0.2, -0.15) is 4.31 Å². The van der Waals surface area contributed by atoms with Crippen LogP contribution in [0.3, 0.4) is 0 Å². The van der Waals surface area contributed by atoms with E-state index >= 15 is 0 Å². The van der Waals surface area contributed by atoms with Crippen molar-refractivity contribution in [2.45, 2.75) is 44.2 Å². The minimum absolute atomic E-state index is 0.0493. The number of aromatic nitrogens is 1. The Labute approximate surface area is 234 Å². The molecule has 1 heterocycles. The third kappa shape index (κ3) is 8.70. The van der Waals surface area contributed by atoms with E-state index in [1.165, 1.54) is 34.7 Å². The zero-order valence-electron chi connectivity index (χ0n) is 22.4. The lowest BCUT2D eigenvalue weighted by Crippen LogP contribution is -2.52. The second-order valence-corrected chi connectivity index (χ2v) is 15.4. The summed E-state index contributed by atoms with van der Waals surface area (Å²) in [4.78, 5) is 17.1. The van der Waals surface area contributed by atoms with Crippen molar-refractivity contribution in [1.82, 2.24) is 14.6 Å². The summed E-state index contributed by atoms with van der Waals surface area (Å²) in [6, 6.07) is 12.9. The van der Waals surface area contributed by atoms with Gasteiger partial charge in [0.25, 0.3) is 0 Å². The highest BCUT2D eigenvalue weighted by molar-refractivity contribution is 7.90. The first kappa shape index (κ1) is 31.0. The normalized spacial score (nSPS) is 14.9. The molecule has 3 aromatic rings. The Morgan fingerprint density at radius 3 is 2.36 bits per heavy atom. The number of carbonyl (C=O) groups is 1. The van der Waals surface area contributed by atoms with Gasteiger partial charge in [0.05, 0.1) is 33.0 Å². The van der Waals surface area contributed by atoms with Gasteiger partial charge < -0.3 is 16.2 Å². The highest BCUT2D eigenvalue weighted by atomic mass is 32.2. The standard InChI is InChI=1S/C26H36N4O6S3/c1-17(2)14-30(39(35,36)20-10-11-21-24(13-20)37-26(27)29-21)15-23(31)22(12-19-8-6-5-7-9-19)28-25(32)18(3)16-38(4,33)34/h5-11,13,17-18,22-23,31H,12,14-16H2,1-4H3,(H2,27,29)(H,28,32)/t18-,22?,23-/m1/s1. The molecule has 13 heteroatoms. The van der Waals surface area contributed by atoms with Crippen molar-refractivity contribution < 1.29 is 26.7 Å². The van der Waals surface area contributed by atoms with Crippen LogP contribution in [0.1, 0.15) is 26.3 Å². The highest BCUT2D eigenvalue weighted by Gasteiger charge is 2.32. The number of sulfone groups is 1. The van der Waals surface area contributed by atoms with Gasteiger partial charge in [-0.1, -0.05) is 62.4 Å². The summed E-state index contributed by atoms with van der Waals surface area (Å²) >= 11 is 1.19. The number of nitrogens with one attached hydrogen (secondary N) is 1. The minimum atomic E-state index is -4.03. The van der Waals surface area contributed by atoms with E-state index < -0.39 is 43.8 Å². The first-order valence-corrected chi connectivity index (χ1v) is 16.8. The van der Waals surface area contributed by atoms with Crippen LogP contribution < -0.4 is 11.1 Å². The van der Waals surface area contributed by atoms with Crippen LogP contribution in [-0.2, 0) is 31.1 Å². The van der Waals surface area contributed by atoms with Crippen LogP contribution in [0, 0.1) is 11.8 Å². The molecule has 0 aliphatic carbocycles. The molecule has 39 heavy (non-hydrogen) atoms. The molecule has 4 N–H and O–H groups in total. The predicted octanol–water partition coefficient (Wildman–Crippen LogP) is 2.29. The molecule has 10 nitrogen and oxygen atoms in total. The summed E-state index contributed by atoms with van der Waals surface area (Å²) < 4.78 is 52.8. The molecule has 214 valence electrons. The quantitative estimate of drug-likeness (QED) is 0.271. The number of thiazole rings is 1. The molecule has 0 bridgehead atoms. The van der Waals surface area contributed by atoms with Gasteiger partial charge in [-0.3, -0.25) is 4.79 Å². The molecule has 0 aliphatic rings. The van der Waals surface area contributed by atoms with Gasteiger partial charge >= 0.3 is 0 Å². The van der Waals surface area contributed by atoms with Crippen LogP contribution in [0.2, 0.25) is 0 Å². The summed E-state index contributed by atoms with van der Waals surface area (Å²) in [5, 5.41) is 14.4. The lowest BCUT2D eigenvalue weighted by atomic mass is 10.00. The number of hydrogen-bond donors (Lipinski definition) is 3. The SMILES string of the molecule is CC(C)CN(C[C@@H](O)C(Cc1ccccc1)NC(=O)[C@H](C)CS(C)(=O)=O)S(=O)(=O)c1ccc2nc(N)sc2c1. The van der Waals surface area contributed by atoms with E-state index in [1.54, 1.807) is 6.07 Å². The fourth-order valence-electron chi connectivity index (χ4n) is 4.25. The second kappa shape index (κ2) is 12.7. The van der Waals surface area contributed by atoms with Gasteiger partial charge in [-0.25, -0.2) is 21.8 Å². The topological polar surface area (TPSA) is 160 Å². The third-order valence-corrected chi connectivity index (χ3v) is 9.85. The van der Waals surface area contributed by atoms with E-state index in [0.29, 0.717) is 15.3 Å². The number of benzene rings is 2. The predicted molar refractivity (Wildman–Crippen MR) is 155 cm³/mol. The molecule has 3 rings (SSSR count). The average molecular weight is 597 g/mol. The number of aliphatic hydroxyl groups is 1. The Morgan fingerprint density at radius 2 is 1.74 bits per heavy atom. The zero-order chi connectivity index (χ0) is 29.0. The van der Waals surface area contributed by atoms with Crippen molar-refractivity contribution in [2.24, 2.45) is 11.8 Å². The van der Waals surface area contributed by atoms with Crippen molar-refractivity contribution in [1.29, 1.82) is 0 Å². The van der Waals surface area contributed by atoms with Gasteiger partial charge in [0.1, 0.15) is 9.84 Å². The van der Waals surface area contributed by atoms with Gasteiger partial charge in [-0.05, 0) is 36.1 Å². The van der Waals surface area contributed by atoms with E-state index in [-0.39, 0.29) is 36.1 Å². The molecule has 0 aliphatic heterocycles. The van der Waals surface area contributed by atoms with Crippen LogP contribution in [0.15, 0.2) is 53.4 Å². The van der Waals surface area contributed by atoms with Crippen LogP contribution in [-0.4, -0.2) is 74.4 Å². The number of carbonyl (C=O) groups excluding carboxylic acids is 1. The first-order valence-electron chi connectivity index (χ1n) is 12.5. The molecule has 1 amide bonds. The smallest absolute Gasteiger partial charge is 0.243 e. The Hall–Kier alpha value is -2.58. The van der Waals surface area contributed by atoms with E-state index in [2.05, 4.69) is 10.3 Å². The molecular weight excluding hydrogens is 561 g/mol. The maximum Gasteiger partial charge on any atom is 0.243 e. The van der Waals surface area contributed by atoms with E-state index in [4.69, 9.17) is 5.73 Å². The number of anilines is 1. The third-order valence-electron chi connectivity index (χ3n) is 6.06. The summed E-state index contributed by atoms with van der Waals surface area (Å²) in [7, 11) is -7.43. The largest absolute Gasteiger partial charge is 0.390 e. The number of hydrogen-bond acceptors (Lipinski definition) is 9. The Kier molecular flexibility index (Phi) is 10.1. The zero-order valence-corrected chi connectivity index (χ0v) is 24.9. The molecule has 0 spiro atoms. The Balaban J connectivity index is 1.90. The summed E-state index contributed by atoms with van der Waals surface area (Å²) in [5.74, 6) is -1.77. The number of rotatable bonds is 13. The number of fused-ring (bicyclic) bond motifs is 1. The minimum Gasteiger partial charge on any atom is -0.390 e. The maximum absolute atomic E-state index is 13.7. The molecule has 3 atom stereocenters. The lowest BCUT2D eigenvalue weighted by Gasteiger charge is -2.31. The van der Waals surface area contributed by atoms with E-state index in [9.17, 15) is 26.7 Å². The van der Waals surface area contributed by atoms with Crippen molar-refractivity contribution in [2.75, 3.05) is 30.8 Å². The van der Waals surface area contributed by atoms with Gasteiger partial charge in [0, 0.05) is 25.3 Å². The van der Waals surface area contributed by atoms with Crippen molar-refractivity contribution in [3.63, 3.8) is 0 Å². The number of nitrogens with zero attached hydrogens (tertiary/aromatic N) is 2. The molecule has 0 saturated carbocycles. The molecule has 1 unspecified atom stereocenters. The number of nitrogen functional groups attached to an aromatic ring is 1. The van der Waals surface area contributed by atoms with Crippen molar-refractivity contribution >= 4 is 52.5 Å². The Morgan fingerprint density at radius 1 is 1.08 bits per heavy atom. The Bertz CT molecular complexity index is 1490. The van der Waals surface area contributed by atoms with Crippen LogP contribution >= 0.6 is 11.3 Å². The van der Waals surface area contributed by atoms with E-state index in [0.717, 1.165) is 11.8 Å². The summed E-state index contributed by atoms with van der Waals surface area (Å²) in [6.45, 7) is 5.11. The van der Waals surface area contributed by atoms with Crippen LogP contribution in [0.4, 0.5) is 5.13 Å². The molecular formula is C26H36N4O6S3. The fourth-order valence-corrected chi connectivity index (χ4v) is 7.81. The highest BCUT2D eigenvalue weighted by Crippen LogP contribution is 2.28.